The van der Waals surface area contributed by atoms with E-state index in [1.54, 1.807) is 0 Å². The Labute approximate surface area is 155 Å². The summed E-state index contributed by atoms with van der Waals surface area (Å²) in [6.45, 7) is 7.75. The smallest absolute Gasteiger partial charge is 0.112 e. The first-order valence-corrected chi connectivity index (χ1v) is 9.53. The maximum absolute atomic E-state index is 4.72. The Bertz CT molecular complexity index is 826. The van der Waals surface area contributed by atoms with Crippen molar-refractivity contribution in [1.29, 1.82) is 0 Å². The monoisotopic (exact) mass is 349 g/mol. The van der Waals surface area contributed by atoms with Gasteiger partial charge in [-0.15, -0.1) is 0 Å². The van der Waals surface area contributed by atoms with Crippen LogP contribution < -0.4 is 0 Å². The van der Waals surface area contributed by atoms with Gasteiger partial charge in [-0.1, -0.05) is 18.2 Å². The molecule has 0 N–H and O–H groups in total. The summed E-state index contributed by atoms with van der Waals surface area (Å²) in [5, 5.41) is 0. The second kappa shape index (κ2) is 7.46. The Morgan fingerprint density at radius 3 is 2.62 bits per heavy atom. The molecule has 1 aliphatic rings. The summed E-state index contributed by atoms with van der Waals surface area (Å²) in [5.41, 5.74) is 2.46. The first kappa shape index (κ1) is 17.0. The number of benzene rings is 1. The van der Waals surface area contributed by atoms with Gasteiger partial charge in [0.1, 0.15) is 5.82 Å². The zero-order chi connectivity index (χ0) is 17.9. The Hall–Kier alpha value is -2.40. The van der Waals surface area contributed by atoms with Gasteiger partial charge in [-0.3, -0.25) is 0 Å². The molecule has 2 aromatic heterocycles. The van der Waals surface area contributed by atoms with Crippen molar-refractivity contribution >= 4 is 0 Å². The third-order valence-corrected chi connectivity index (χ3v) is 5.49. The molecule has 136 valence electrons. The van der Waals surface area contributed by atoms with E-state index >= 15 is 0 Å². The van der Waals surface area contributed by atoms with Crippen molar-refractivity contribution in [2.75, 3.05) is 13.1 Å². The van der Waals surface area contributed by atoms with Crippen molar-refractivity contribution in [2.45, 2.75) is 45.2 Å². The summed E-state index contributed by atoms with van der Waals surface area (Å²) in [6, 6.07) is 9.16. The average Bonchev–Trinajstić information content (AvgIpc) is 3.34. The SMILES string of the molecule is CC(C)N1CCC(c2nccn2Cc2ccccc2-n2ccnc2)CC1. The molecule has 5 nitrogen and oxygen atoms in total. The number of aromatic nitrogens is 4. The molecule has 3 aromatic rings. The molecule has 0 atom stereocenters. The van der Waals surface area contributed by atoms with Crippen LogP contribution >= 0.6 is 0 Å². The van der Waals surface area contributed by atoms with Crippen LogP contribution in [0.25, 0.3) is 5.69 Å². The van der Waals surface area contributed by atoms with Crippen molar-refractivity contribution < 1.29 is 0 Å². The van der Waals surface area contributed by atoms with E-state index in [9.17, 15) is 0 Å². The zero-order valence-electron chi connectivity index (χ0n) is 15.6. The van der Waals surface area contributed by atoms with E-state index in [0.717, 1.165) is 6.54 Å². The molecule has 0 aliphatic carbocycles. The largest absolute Gasteiger partial charge is 0.330 e. The molecule has 0 unspecified atom stereocenters. The molecule has 0 saturated carbocycles. The number of imidazole rings is 2. The molecule has 1 saturated heterocycles. The predicted octanol–water partition coefficient (Wildman–Crippen LogP) is 3.70. The van der Waals surface area contributed by atoms with E-state index in [2.05, 4.69) is 63.3 Å². The molecule has 1 aliphatic heterocycles. The Morgan fingerprint density at radius 2 is 1.88 bits per heavy atom. The van der Waals surface area contributed by atoms with E-state index in [4.69, 9.17) is 4.98 Å². The Balaban J connectivity index is 1.54. The van der Waals surface area contributed by atoms with Crippen LogP contribution in [0.2, 0.25) is 0 Å². The lowest BCUT2D eigenvalue weighted by Gasteiger charge is -2.34. The van der Waals surface area contributed by atoms with Gasteiger partial charge in [0.05, 0.1) is 18.6 Å². The van der Waals surface area contributed by atoms with Gasteiger partial charge >= 0.3 is 0 Å². The Morgan fingerprint density at radius 1 is 1.08 bits per heavy atom. The number of piperidine rings is 1. The minimum Gasteiger partial charge on any atom is -0.330 e. The van der Waals surface area contributed by atoms with E-state index < -0.39 is 0 Å². The third kappa shape index (κ3) is 3.44. The van der Waals surface area contributed by atoms with Crippen molar-refractivity contribution in [3.8, 4) is 5.69 Å². The summed E-state index contributed by atoms with van der Waals surface area (Å²) in [7, 11) is 0. The van der Waals surface area contributed by atoms with E-state index in [1.807, 2.05) is 24.9 Å². The molecular weight excluding hydrogens is 322 g/mol. The summed E-state index contributed by atoms with van der Waals surface area (Å²) >= 11 is 0. The lowest BCUT2D eigenvalue weighted by molar-refractivity contribution is 0.168. The van der Waals surface area contributed by atoms with Crippen LogP contribution in [0, 0.1) is 0 Å². The number of hydrogen-bond donors (Lipinski definition) is 0. The summed E-state index contributed by atoms with van der Waals surface area (Å²) in [5.74, 6) is 1.79. The van der Waals surface area contributed by atoms with Crippen molar-refractivity contribution in [3.63, 3.8) is 0 Å². The molecule has 1 aromatic carbocycles. The van der Waals surface area contributed by atoms with Gasteiger partial charge in [0, 0.05) is 36.7 Å². The molecule has 26 heavy (non-hydrogen) atoms. The quantitative estimate of drug-likeness (QED) is 0.705. The van der Waals surface area contributed by atoms with E-state index in [-0.39, 0.29) is 0 Å². The molecule has 1 fully saturated rings. The molecule has 3 heterocycles. The van der Waals surface area contributed by atoms with Crippen LogP contribution in [0.4, 0.5) is 0 Å². The van der Waals surface area contributed by atoms with Gasteiger partial charge in [0.2, 0.25) is 0 Å². The van der Waals surface area contributed by atoms with Crippen LogP contribution in [-0.2, 0) is 6.54 Å². The van der Waals surface area contributed by atoms with Gasteiger partial charge in [0.25, 0.3) is 0 Å². The number of para-hydroxylation sites is 1. The van der Waals surface area contributed by atoms with Crippen LogP contribution in [0.1, 0.15) is 44.0 Å². The number of rotatable bonds is 5. The number of hydrogen-bond acceptors (Lipinski definition) is 3. The molecule has 4 rings (SSSR count). The highest BCUT2D eigenvalue weighted by Gasteiger charge is 2.25. The fourth-order valence-electron chi connectivity index (χ4n) is 3.97. The first-order chi connectivity index (χ1) is 12.7. The van der Waals surface area contributed by atoms with Crippen molar-refractivity contribution in [3.05, 3.63) is 66.8 Å². The number of likely N-dealkylation sites (tertiary alicyclic amines) is 1. The van der Waals surface area contributed by atoms with Gasteiger partial charge in [-0.25, -0.2) is 9.97 Å². The minimum atomic E-state index is 0.556. The summed E-state index contributed by atoms with van der Waals surface area (Å²) in [4.78, 5) is 11.5. The van der Waals surface area contributed by atoms with Crippen LogP contribution in [0.3, 0.4) is 0 Å². The normalized spacial score (nSPS) is 16.4. The zero-order valence-corrected chi connectivity index (χ0v) is 15.6. The lowest BCUT2D eigenvalue weighted by atomic mass is 9.95. The van der Waals surface area contributed by atoms with Gasteiger partial charge < -0.3 is 14.0 Å². The highest BCUT2D eigenvalue weighted by molar-refractivity contribution is 5.41. The fraction of sp³-hybridized carbons (Fsp3) is 0.429. The maximum atomic E-state index is 4.72. The molecular formula is C21H27N5. The second-order valence-electron chi connectivity index (χ2n) is 7.42. The third-order valence-electron chi connectivity index (χ3n) is 5.49. The molecule has 0 radical (unpaired) electrons. The number of nitrogens with zero attached hydrogens (tertiary/aromatic N) is 5. The fourth-order valence-corrected chi connectivity index (χ4v) is 3.97. The van der Waals surface area contributed by atoms with Crippen LogP contribution in [-0.4, -0.2) is 43.1 Å². The van der Waals surface area contributed by atoms with Crippen LogP contribution in [0.5, 0.6) is 0 Å². The molecule has 5 heteroatoms. The maximum Gasteiger partial charge on any atom is 0.112 e. The highest BCUT2D eigenvalue weighted by atomic mass is 15.2. The van der Waals surface area contributed by atoms with E-state index in [0.29, 0.717) is 12.0 Å². The first-order valence-electron chi connectivity index (χ1n) is 9.53. The summed E-state index contributed by atoms with van der Waals surface area (Å²) in [6.07, 6.45) is 12.1. The molecule has 0 bridgehead atoms. The van der Waals surface area contributed by atoms with Crippen molar-refractivity contribution in [2.24, 2.45) is 0 Å². The topological polar surface area (TPSA) is 38.9 Å². The standard InChI is InChI=1S/C21H27N5/c1-17(2)24-11-7-18(8-12-24)21-23-10-14-25(21)15-19-5-3-4-6-20(19)26-13-9-22-16-26/h3-6,9-10,13-14,16-18H,7-8,11-12,15H2,1-2H3. The van der Waals surface area contributed by atoms with Gasteiger partial charge in [-0.05, 0) is 51.4 Å². The van der Waals surface area contributed by atoms with Crippen molar-refractivity contribution in [1.82, 2.24) is 24.0 Å². The lowest BCUT2D eigenvalue weighted by Crippen LogP contribution is -2.38. The van der Waals surface area contributed by atoms with Gasteiger partial charge in [0.15, 0.2) is 0 Å². The summed E-state index contributed by atoms with van der Waals surface area (Å²) < 4.78 is 4.40. The average molecular weight is 349 g/mol. The second-order valence-corrected chi connectivity index (χ2v) is 7.42. The minimum absolute atomic E-state index is 0.556. The molecule has 0 amide bonds. The highest BCUT2D eigenvalue weighted by Crippen LogP contribution is 2.28. The Kier molecular flexibility index (Phi) is 4.89. The van der Waals surface area contributed by atoms with Crippen LogP contribution in [0.15, 0.2) is 55.4 Å². The van der Waals surface area contributed by atoms with Gasteiger partial charge in [-0.2, -0.15) is 0 Å². The molecule has 0 spiro atoms. The predicted molar refractivity (Wildman–Crippen MR) is 104 cm³/mol. The van der Waals surface area contributed by atoms with E-state index in [1.165, 1.54) is 43.0 Å².